The summed E-state index contributed by atoms with van der Waals surface area (Å²) in [6.07, 6.45) is 6.88. The number of nitrogens with zero attached hydrogens (tertiary/aromatic N) is 2. The van der Waals surface area contributed by atoms with Crippen LogP contribution in [-0.2, 0) is 0 Å². The van der Waals surface area contributed by atoms with Gasteiger partial charge in [-0.2, -0.15) is 0 Å². The van der Waals surface area contributed by atoms with E-state index >= 15 is 0 Å². The molecule has 4 atom stereocenters. The lowest BCUT2D eigenvalue weighted by molar-refractivity contribution is 0.0587. The maximum atomic E-state index is 7.40. The van der Waals surface area contributed by atoms with Crippen LogP contribution in [0.25, 0.3) is 0 Å². The van der Waals surface area contributed by atoms with Crippen LogP contribution in [0.5, 0.6) is 0 Å². The predicted molar refractivity (Wildman–Crippen MR) is 145 cm³/mol. The van der Waals surface area contributed by atoms with Crippen molar-refractivity contribution in [1.82, 2.24) is 9.80 Å². The van der Waals surface area contributed by atoms with Gasteiger partial charge in [-0.3, -0.25) is 9.80 Å². The molecule has 0 bridgehead atoms. The molecule has 0 saturated heterocycles. The fourth-order valence-electron chi connectivity index (χ4n) is 6.66. The van der Waals surface area contributed by atoms with E-state index in [1.807, 2.05) is 0 Å². The zero-order chi connectivity index (χ0) is 25.2. The van der Waals surface area contributed by atoms with E-state index in [2.05, 4.69) is 92.9 Å². The zero-order valence-electron chi connectivity index (χ0n) is 24.1. The Morgan fingerprint density at radius 3 is 1.19 bits per heavy atom. The molecule has 0 amide bonds. The first kappa shape index (κ1) is 31.8. The van der Waals surface area contributed by atoms with Gasteiger partial charge in [-0.05, 0) is 113 Å². The van der Waals surface area contributed by atoms with Crippen molar-refractivity contribution in [3.63, 3.8) is 0 Å². The molecular formula is C28H62N4. The van der Waals surface area contributed by atoms with Gasteiger partial charge in [0, 0.05) is 41.8 Å². The molecule has 0 radical (unpaired) electrons. The maximum Gasteiger partial charge on any atom is 0.0207 e. The fraction of sp³-hybridized carbons (Fsp3) is 1.00. The summed E-state index contributed by atoms with van der Waals surface area (Å²) in [5.41, 5.74) is 13.0. The van der Waals surface area contributed by atoms with E-state index in [1.165, 1.54) is 12.8 Å². The fourth-order valence-corrected chi connectivity index (χ4v) is 6.66. The minimum Gasteiger partial charge on any atom is -0.330 e. The van der Waals surface area contributed by atoms with Gasteiger partial charge < -0.3 is 11.5 Å². The lowest BCUT2D eigenvalue weighted by Gasteiger charge is -2.47. The molecular weight excluding hydrogens is 392 g/mol. The summed E-state index contributed by atoms with van der Waals surface area (Å²) in [5, 5.41) is 0. The Morgan fingerprint density at radius 1 is 0.562 bits per heavy atom. The van der Waals surface area contributed by atoms with E-state index in [0.717, 1.165) is 32.2 Å². The Bertz CT molecular complexity index is 424. The normalized spacial score (nSPS) is 18.8. The first-order chi connectivity index (χ1) is 14.7. The van der Waals surface area contributed by atoms with E-state index in [1.54, 1.807) is 0 Å². The lowest BCUT2D eigenvalue weighted by atomic mass is 9.68. The summed E-state index contributed by atoms with van der Waals surface area (Å²) in [6, 6.07) is 3.27. The molecule has 0 heterocycles. The number of hydrogen-bond donors (Lipinski definition) is 2. The maximum absolute atomic E-state index is 7.40. The topological polar surface area (TPSA) is 58.5 Å². The van der Waals surface area contributed by atoms with Crippen molar-refractivity contribution < 1.29 is 0 Å². The van der Waals surface area contributed by atoms with Crippen LogP contribution in [0.15, 0.2) is 0 Å². The summed E-state index contributed by atoms with van der Waals surface area (Å²) < 4.78 is 0. The van der Waals surface area contributed by atoms with Crippen molar-refractivity contribution >= 4 is 0 Å². The highest BCUT2D eigenvalue weighted by atomic mass is 15.2. The highest BCUT2D eigenvalue weighted by molar-refractivity contribution is 4.97. The van der Waals surface area contributed by atoms with E-state index in [9.17, 15) is 0 Å². The molecule has 32 heavy (non-hydrogen) atoms. The average Bonchev–Trinajstić information content (AvgIpc) is 2.63. The SMILES string of the molecule is CC(C)N(C(C)C)C(C)CC(C)C(N)(CCCCCN)C(C)CC(C)N(C(C)C)C(C)C. The summed E-state index contributed by atoms with van der Waals surface area (Å²) in [5.74, 6) is 0.952. The van der Waals surface area contributed by atoms with Crippen LogP contribution >= 0.6 is 0 Å². The van der Waals surface area contributed by atoms with Crippen molar-refractivity contribution in [2.75, 3.05) is 6.54 Å². The van der Waals surface area contributed by atoms with Crippen molar-refractivity contribution in [1.29, 1.82) is 0 Å². The van der Waals surface area contributed by atoms with Crippen LogP contribution in [0.4, 0.5) is 0 Å². The van der Waals surface area contributed by atoms with Gasteiger partial charge in [-0.15, -0.1) is 0 Å². The molecule has 4 unspecified atom stereocenters. The second-order valence-electron chi connectivity index (χ2n) is 12.0. The van der Waals surface area contributed by atoms with Gasteiger partial charge in [0.05, 0.1) is 0 Å². The van der Waals surface area contributed by atoms with Crippen molar-refractivity contribution in [2.24, 2.45) is 23.3 Å². The Morgan fingerprint density at radius 2 is 0.906 bits per heavy atom. The van der Waals surface area contributed by atoms with Crippen LogP contribution < -0.4 is 11.5 Å². The molecule has 0 spiro atoms. The van der Waals surface area contributed by atoms with E-state index in [4.69, 9.17) is 11.5 Å². The quantitative estimate of drug-likeness (QED) is 0.254. The Hall–Kier alpha value is -0.160. The van der Waals surface area contributed by atoms with Gasteiger partial charge >= 0.3 is 0 Å². The van der Waals surface area contributed by atoms with Crippen LogP contribution in [0.2, 0.25) is 0 Å². The largest absolute Gasteiger partial charge is 0.330 e. The number of hydrogen-bond acceptors (Lipinski definition) is 4. The van der Waals surface area contributed by atoms with Gasteiger partial charge in [0.1, 0.15) is 0 Å². The third kappa shape index (κ3) is 9.60. The molecule has 0 saturated carbocycles. The number of rotatable bonds is 17. The Kier molecular flexibility index (Phi) is 14.9. The highest BCUT2D eigenvalue weighted by Gasteiger charge is 2.39. The Labute approximate surface area is 203 Å². The molecule has 0 rings (SSSR count). The highest BCUT2D eigenvalue weighted by Crippen LogP contribution is 2.37. The van der Waals surface area contributed by atoms with Gasteiger partial charge in [-0.25, -0.2) is 0 Å². The van der Waals surface area contributed by atoms with E-state index in [-0.39, 0.29) is 5.54 Å². The Balaban J connectivity index is 5.61. The van der Waals surface area contributed by atoms with Gasteiger partial charge in [-0.1, -0.05) is 26.7 Å². The summed E-state index contributed by atoms with van der Waals surface area (Å²) in [7, 11) is 0. The van der Waals surface area contributed by atoms with Crippen LogP contribution in [0.3, 0.4) is 0 Å². The first-order valence-electron chi connectivity index (χ1n) is 13.7. The minimum atomic E-state index is -0.142. The van der Waals surface area contributed by atoms with Gasteiger partial charge in [0.15, 0.2) is 0 Å². The zero-order valence-corrected chi connectivity index (χ0v) is 24.1. The smallest absolute Gasteiger partial charge is 0.0207 e. The van der Waals surface area contributed by atoms with Crippen molar-refractivity contribution in [2.45, 2.75) is 163 Å². The first-order valence-corrected chi connectivity index (χ1v) is 13.7. The van der Waals surface area contributed by atoms with Crippen LogP contribution in [-0.4, -0.2) is 58.1 Å². The second kappa shape index (κ2) is 15.0. The summed E-state index contributed by atoms with van der Waals surface area (Å²) >= 11 is 0. The molecule has 4 N–H and O–H groups in total. The third-order valence-electron chi connectivity index (χ3n) is 7.94. The molecule has 0 aromatic rings. The second-order valence-corrected chi connectivity index (χ2v) is 12.0. The molecule has 0 aliphatic rings. The number of nitrogens with two attached hydrogens (primary N) is 2. The molecule has 4 heteroatoms. The van der Waals surface area contributed by atoms with Crippen molar-refractivity contribution in [3.8, 4) is 0 Å². The summed E-state index contributed by atoms with van der Waals surface area (Å²) in [4.78, 5) is 5.30. The van der Waals surface area contributed by atoms with Crippen molar-refractivity contribution in [3.05, 3.63) is 0 Å². The van der Waals surface area contributed by atoms with E-state index < -0.39 is 0 Å². The molecule has 194 valence electrons. The molecule has 0 aliphatic carbocycles. The molecule has 0 aliphatic heterocycles. The monoisotopic (exact) mass is 454 g/mol. The van der Waals surface area contributed by atoms with Gasteiger partial charge in [0.25, 0.3) is 0 Å². The van der Waals surface area contributed by atoms with Gasteiger partial charge in [0.2, 0.25) is 0 Å². The predicted octanol–water partition coefficient (Wildman–Crippen LogP) is 6.27. The standard InChI is InChI=1S/C28H62N4/c1-20(2)31(21(3)4)26(11)18-24(9)28(30,16-14-13-15-17-29)25(10)19-27(12)32(22(5)6)23(7)8/h20-27H,13-19,29-30H2,1-12H3. The molecule has 0 aromatic heterocycles. The minimum absolute atomic E-state index is 0.142. The lowest BCUT2D eigenvalue weighted by Crippen LogP contribution is -2.56. The molecule has 0 fully saturated rings. The molecule has 4 nitrogen and oxygen atoms in total. The van der Waals surface area contributed by atoms with E-state index in [0.29, 0.717) is 48.1 Å². The summed E-state index contributed by atoms with van der Waals surface area (Å²) in [6.45, 7) is 29.0. The average molecular weight is 455 g/mol. The third-order valence-corrected chi connectivity index (χ3v) is 7.94. The molecule has 0 aromatic carbocycles. The number of unbranched alkanes of at least 4 members (excludes halogenated alkanes) is 2. The van der Waals surface area contributed by atoms with Crippen LogP contribution in [0.1, 0.15) is 122 Å². The van der Waals surface area contributed by atoms with Crippen LogP contribution in [0, 0.1) is 11.8 Å².